The van der Waals surface area contributed by atoms with E-state index in [0.717, 1.165) is 15.9 Å². The highest BCUT2D eigenvalue weighted by Crippen LogP contribution is 2.41. The lowest BCUT2D eigenvalue weighted by Crippen LogP contribution is -2.03. The zero-order chi connectivity index (χ0) is 21.5. The molecule has 148 valence electrons. The van der Waals surface area contributed by atoms with Crippen molar-refractivity contribution in [3.05, 3.63) is 59.9 Å². The number of para-hydroxylation sites is 1. The van der Waals surface area contributed by atoms with E-state index in [-0.39, 0.29) is 11.4 Å². The van der Waals surface area contributed by atoms with Crippen LogP contribution in [-0.4, -0.2) is 26.6 Å². The molecular weight excluding hydrogens is 410 g/mol. The van der Waals surface area contributed by atoms with Gasteiger partial charge >= 0.3 is 0 Å². The van der Waals surface area contributed by atoms with E-state index in [0.29, 0.717) is 33.3 Å². The number of nitrogen functional groups attached to an aromatic ring is 1. The zero-order valence-corrected chi connectivity index (χ0v) is 17.0. The molecule has 0 saturated heterocycles. The van der Waals surface area contributed by atoms with Gasteiger partial charge in [-0.15, -0.1) is 11.3 Å². The number of hydrogen-bond acceptors (Lipinski definition) is 8. The van der Waals surface area contributed by atoms with Crippen molar-refractivity contribution in [2.75, 3.05) is 12.8 Å². The van der Waals surface area contributed by atoms with E-state index < -0.39 is 0 Å². The third-order valence-electron chi connectivity index (χ3n) is 4.87. The van der Waals surface area contributed by atoms with Gasteiger partial charge in [0.1, 0.15) is 34.2 Å². The number of fused-ring (bicyclic) bond motifs is 2. The third kappa shape index (κ3) is 2.84. The molecule has 0 aliphatic rings. The summed E-state index contributed by atoms with van der Waals surface area (Å²) in [4.78, 5) is 13.6. The molecule has 0 spiro atoms. The smallest absolute Gasteiger partial charge is 0.179 e. The molecule has 0 saturated carbocycles. The van der Waals surface area contributed by atoms with Crippen LogP contribution in [0.25, 0.3) is 37.6 Å². The molecule has 0 aliphatic carbocycles. The topological polar surface area (TPSA) is 126 Å². The molecule has 3 heterocycles. The maximum absolute atomic E-state index is 9.47. The summed E-state index contributed by atoms with van der Waals surface area (Å²) in [6.45, 7) is 0. The average molecular weight is 423 g/mol. The molecule has 2 N–H and O–H groups in total. The van der Waals surface area contributed by atoms with Crippen LogP contribution in [0.5, 0.6) is 5.75 Å². The SMILES string of the molecule is COc1ccc(-n2c(N)c(-c3nc4ccccc4s3)c3nc(C#N)c(C#N)nc32)cc1. The van der Waals surface area contributed by atoms with Crippen LogP contribution in [0.3, 0.4) is 0 Å². The monoisotopic (exact) mass is 423 g/mol. The number of ether oxygens (including phenoxy) is 1. The predicted octanol–water partition coefficient (Wildman–Crippen LogP) is 4.03. The molecule has 0 radical (unpaired) electrons. The largest absolute Gasteiger partial charge is 0.497 e. The molecule has 5 aromatic rings. The summed E-state index contributed by atoms with van der Waals surface area (Å²) in [5, 5.41) is 19.6. The van der Waals surface area contributed by atoms with Crippen molar-refractivity contribution in [3.8, 4) is 34.1 Å². The van der Waals surface area contributed by atoms with Crippen LogP contribution in [-0.2, 0) is 0 Å². The summed E-state index contributed by atoms with van der Waals surface area (Å²) >= 11 is 1.48. The Labute approximate surface area is 180 Å². The number of nitriles is 2. The second kappa shape index (κ2) is 7.10. The number of thiazole rings is 1. The summed E-state index contributed by atoms with van der Waals surface area (Å²) < 4.78 is 7.96. The molecule has 0 amide bonds. The highest BCUT2D eigenvalue weighted by Gasteiger charge is 2.25. The first-order valence-electron chi connectivity index (χ1n) is 9.17. The number of hydrogen-bond donors (Lipinski definition) is 1. The van der Waals surface area contributed by atoms with Gasteiger partial charge in [-0.1, -0.05) is 12.1 Å². The third-order valence-corrected chi connectivity index (χ3v) is 5.93. The van der Waals surface area contributed by atoms with Gasteiger partial charge in [-0.2, -0.15) is 10.5 Å². The van der Waals surface area contributed by atoms with Gasteiger partial charge in [0.25, 0.3) is 0 Å². The second-order valence-electron chi connectivity index (χ2n) is 6.60. The number of rotatable bonds is 3. The van der Waals surface area contributed by atoms with Crippen LogP contribution >= 0.6 is 11.3 Å². The van der Waals surface area contributed by atoms with E-state index in [4.69, 9.17) is 15.5 Å². The molecule has 0 unspecified atom stereocenters. The van der Waals surface area contributed by atoms with Gasteiger partial charge in [0, 0.05) is 5.69 Å². The van der Waals surface area contributed by atoms with Gasteiger partial charge in [-0.25, -0.2) is 15.0 Å². The summed E-state index contributed by atoms with van der Waals surface area (Å²) in [6, 6.07) is 18.9. The van der Waals surface area contributed by atoms with Crippen molar-refractivity contribution in [1.82, 2.24) is 19.5 Å². The van der Waals surface area contributed by atoms with Crippen molar-refractivity contribution < 1.29 is 4.74 Å². The number of aromatic nitrogens is 4. The molecule has 3 aromatic heterocycles. The molecular formula is C22H13N7OS. The van der Waals surface area contributed by atoms with E-state index in [9.17, 15) is 10.5 Å². The quantitative estimate of drug-likeness (QED) is 0.464. The maximum atomic E-state index is 9.47. The lowest BCUT2D eigenvalue weighted by molar-refractivity contribution is 0.415. The second-order valence-corrected chi connectivity index (χ2v) is 7.63. The summed E-state index contributed by atoms with van der Waals surface area (Å²) in [5.41, 5.74) is 9.45. The van der Waals surface area contributed by atoms with E-state index in [1.807, 2.05) is 48.5 Å². The first kappa shape index (κ1) is 18.6. The van der Waals surface area contributed by atoms with Crippen LogP contribution in [0.2, 0.25) is 0 Å². The van der Waals surface area contributed by atoms with Crippen molar-refractivity contribution in [1.29, 1.82) is 10.5 Å². The molecule has 5 rings (SSSR count). The van der Waals surface area contributed by atoms with Gasteiger partial charge < -0.3 is 10.5 Å². The number of methoxy groups -OCH3 is 1. The van der Waals surface area contributed by atoms with Crippen LogP contribution in [0.15, 0.2) is 48.5 Å². The van der Waals surface area contributed by atoms with Gasteiger partial charge in [-0.3, -0.25) is 4.57 Å². The molecule has 8 nitrogen and oxygen atoms in total. The minimum Gasteiger partial charge on any atom is -0.497 e. The van der Waals surface area contributed by atoms with Crippen molar-refractivity contribution >= 4 is 38.5 Å². The standard InChI is InChI=1S/C22H13N7OS/c1-30-13-8-6-12(7-9-13)29-20(25)18(22-28-14-4-2-3-5-17(14)31-22)19-21(29)27-16(11-24)15(10-23)26-19/h2-9H,25H2,1H3. The number of benzene rings is 2. The van der Waals surface area contributed by atoms with Gasteiger partial charge in [0.05, 0.1) is 22.9 Å². The van der Waals surface area contributed by atoms with Crippen LogP contribution in [0, 0.1) is 22.7 Å². The van der Waals surface area contributed by atoms with Crippen molar-refractivity contribution in [2.24, 2.45) is 0 Å². The number of nitrogens with zero attached hydrogens (tertiary/aromatic N) is 6. The normalized spacial score (nSPS) is 10.8. The van der Waals surface area contributed by atoms with Crippen LogP contribution in [0.1, 0.15) is 11.4 Å². The Morgan fingerprint density at radius 1 is 0.968 bits per heavy atom. The van der Waals surface area contributed by atoms with Crippen molar-refractivity contribution in [2.45, 2.75) is 0 Å². The van der Waals surface area contributed by atoms with Crippen molar-refractivity contribution in [3.63, 3.8) is 0 Å². The van der Waals surface area contributed by atoms with E-state index >= 15 is 0 Å². The molecule has 0 fully saturated rings. The van der Waals surface area contributed by atoms with Gasteiger partial charge in [-0.05, 0) is 36.4 Å². The fourth-order valence-corrected chi connectivity index (χ4v) is 4.46. The molecule has 9 heteroatoms. The lowest BCUT2D eigenvalue weighted by Gasteiger charge is -2.08. The molecule has 0 aliphatic heterocycles. The highest BCUT2D eigenvalue weighted by molar-refractivity contribution is 7.21. The number of nitrogens with two attached hydrogens (primary N) is 1. The Morgan fingerprint density at radius 3 is 2.35 bits per heavy atom. The number of anilines is 1. The fraction of sp³-hybridized carbons (Fsp3) is 0.0455. The minimum absolute atomic E-state index is 0.0516. The zero-order valence-electron chi connectivity index (χ0n) is 16.2. The molecule has 31 heavy (non-hydrogen) atoms. The van der Waals surface area contributed by atoms with Gasteiger partial charge in [0.15, 0.2) is 17.0 Å². The van der Waals surface area contributed by atoms with E-state index in [1.54, 1.807) is 23.8 Å². The van der Waals surface area contributed by atoms with E-state index in [2.05, 4.69) is 9.97 Å². The fourth-order valence-electron chi connectivity index (χ4n) is 3.44. The average Bonchev–Trinajstić information content (AvgIpc) is 3.35. The predicted molar refractivity (Wildman–Crippen MR) is 118 cm³/mol. The Morgan fingerprint density at radius 2 is 1.68 bits per heavy atom. The summed E-state index contributed by atoms with van der Waals surface area (Å²) in [7, 11) is 1.59. The van der Waals surface area contributed by atoms with Crippen LogP contribution < -0.4 is 10.5 Å². The van der Waals surface area contributed by atoms with Gasteiger partial charge in [0.2, 0.25) is 0 Å². The molecule has 0 bridgehead atoms. The lowest BCUT2D eigenvalue weighted by atomic mass is 10.2. The summed E-state index contributed by atoms with van der Waals surface area (Å²) in [6.07, 6.45) is 0. The first-order valence-corrected chi connectivity index (χ1v) is 9.98. The highest BCUT2D eigenvalue weighted by atomic mass is 32.1. The Hall–Kier alpha value is -4.47. The maximum Gasteiger partial charge on any atom is 0.179 e. The Bertz CT molecular complexity index is 1520. The van der Waals surface area contributed by atoms with Crippen LogP contribution in [0.4, 0.5) is 5.82 Å². The Kier molecular flexibility index (Phi) is 4.25. The molecule has 0 atom stereocenters. The summed E-state index contributed by atoms with van der Waals surface area (Å²) in [5.74, 6) is 1.07. The molecule has 2 aromatic carbocycles. The Balaban J connectivity index is 1.87. The minimum atomic E-state index is -0.0573. The van der Waals surface area contributed by atoms with E-state index in [1.165, 1.54) is 11.3 Å². The first-order chi connectivity index (χ1) is 15.1.